The van der Waals surface area contributed by atoms with Crippen LogP contribution >= 0.6 is 0 Å². The summed E-state index contributed by atoms with van der Waals surface area (Å²) in [7, 11) is 0. The summed E-state index contributed by atoms with van der Waals surface area (Å²) < 4.78 is 8.58. The third-order valence-electron chi connectivity index (χ3n) is 4.45. The Morgan fingerprint density at radius 1 is 0.778 bits per heavy atom. The molecule has 0 saturated heterocycles. The van der Waals surface area contributed by atoms with Gasteiger partial charge in [-0.25, -0.2) is 9.97 Å². The minimum absolute atomic E-state index is 0.461. The van der Waals surface area contributed by atoms with Gasteiger partial charge in [0, 0.05) is 22.1 Å². The smallest absolute Gasteiger partial charge is 0.0659 e. The summed E-state index contributed by atoms with van der Waals surface area (Å²) in [6, 6.07) is 12.4. The van der Waals surface area contributed by atoms with Crippen LogP contribution in [-0.2, 0) is 0 Å². The maximum absolute atomic E-state index is 8.58. The van der Waals surface area contributed by atoms with E-state index < -0.39 is 0 Å². The Hall–Kier alpha value is -3.66. The first-order valence-electron chi connectivity index (χ1n) is 9.39. The van der Waals surface area contributed by atoms with Gasteiger partial charge in [-0.15, -0.1) is 0 Å². The number of allylic oxidation sites excluding steroid dienone is 1. The number of hydrogen-bond donors (Lipinski definition) is 2. The number of nitrogens with one attached hydrogen (secondary N) is 2. The van der Waals surface area contributed by atoms with Crippen LogP contribution in [-0.4, -0.2) is 19.9 Å². The van der Waals surface area contributed by atoms with Gasteiger partial charge >= 0.3 is 0 Å². The van der Waals surface area contributed by atoms with Crippen LogP contribution in [0.1, 0.15) is 36.6 Å². The predicted octanol–water partition coefficient (Wildman–Crippen LogP) is 5.69. The van der Waals surface area contributed by atoms with Gasteiger partial charge in [-0.1, -0.05) is 12.2 Å². The van der Waals surface area contributed by atoms with Crippen molar-refractivity contribution in [1.29, 1.82) is 0 Å². The monoisotopic (exact) mass is 351 g/mol. The second-order valence-electron chi connectivity index (χ2n) is 6.53. The van der Waals surface area contributed by atoms with E-state index in [2.05, 4.69) is 19.9 Å². The minimum atomic E-state index is 0.461. The fraction of sp³-hybridized carbons (Fsp3) is 0.0435. The zero-order chi connectivity index (χ0) is 19.1. The molecule has 4 nitrogen and oxygen atoms in total. The van der Waals surface area contributed by atoms with Crippen molar-refractivity contribution < 1.29 is 1.37 Å². The van der Waals surface area contributed by atoms with Crippen LogP contribution in [0.2, 0.25) is 0 Å². The molecule has 0 fully saturated rings. The topological polar surface area (TPSA) is 57.4 Å². The van der Waals surface area contributed by atoms with Crippen molar-refractivity contribution in [2.45, 2.75) is 6.92 Å². The van der Waals surface area contributed by atoms with Crippen molar-refractivity contribution >= 4 is 52.4 Å². The van der Waals surface area contributed by atoms with E-state index in [1.54, 1.807) is 0 Å². The van der Waals surface area contributed by atoms with E-state index in [0.717, 1.165) is 50.4 Å². The van der Waals surface area contributed by atoms with E-state index in [4.69, 9.17) is 1.37 Å². The lowest BCUT2D eigenvalue weighted by Crippen LogP contribution is -1.77. The zero-order valence-electron chi connectivity index (χ0n) is 15.8. The van der Waals surface area contributed by atoms with Crippen LogP contribution in [0.15, 0.2) is 48.5 Å². The largest absolute Gasteiger partial charge is 0.355 e. The number of rotatable bonds is 1. The number of nitrogens with zero attached hydrogens (tertiary/aromatic N) is 2. The molecule has 3 aromatic rings. The molecule has 2 N–H and O–H groups in total. The van der Waals surface area contributed by atoms with E-state index in [1.807, 2.05) is 79.8 Å². The summed E-state index contributed by atoms with van der Waals surface area (Å²) in [5.74, 6) is 0. The average molecular weight is 351 g/mol. The third-order valence-corrected chi connectivity index (χ3v) is 4.45. The highest BCUT2D eigenvalue weighted by atomic mass is 14.8. The van der Waals surface area contributed by atoms with E-state index in [0.29, 0.717) is 6.04 Å². The van der Waals surface area contributed by atoms with Gasteiger partial charge in [0.2, 0.25) is 0 Å². The van der Waals surface area contributed by atoms with Gasteiger partial charge in [0.05, 0.1) is 24.1 Å². The third kappa shape index (κ3) is 3.13. The molecule has 8 bridgehead atoms. The van der Waals surface area contributed by atoms with Gasteiger partial charge in [-0.05, 0) is 79.2 Å². The Bertz CT molecular complexity index is 1340. The quantitative estimate of drug-likeness (QED) is 0.408. The second-order valence-corrected chi connectivity index (χ2v) is 6.53. The lowest BCUT2D eigenvalue weighted by atomic mass is 10.2. The highest BCUT2D eigenvalue weighted by molar-refractivity contribution is 5.81. The molecule has 2 aliphatic rings. The molecule has 130 valence electrons. The Morgan fingerprint density at radius 2 is 1.37 bits per heavy atom. The van der Waals surface area contributed by atoms with Crippen molar-refractivity contribution in [3.63, 3.8) is 0 Å². The standard InChI is InChI=1S/C23H18N4/c1-2-3-15-10-22-13-20-7-6-18(25-20)11-16-4-5-17(24-16)12-19-8-9-21(26-19)14-23(15)27-22/h2-14,26-27H,1H3/i10D. The molecule has 2 aliphatic heterocycles. The first-order valence-corrected chi connectivity index (χ1v) is 8.89. The van der Waals surface area contributed by atoms with Gasteiger partial charge < -0.3 is 9.97 Å². The summed E-state index contributed by atoms with van der Waals surface area (Å²) in [5.41, 5.74) is 7.87. The Balaban J connectivity index is 1.89. The van der Waals surface area contributed by atoms with E-state index in [9.17, 15) is 0 Å². The first kappa shape index (κ1) is 14.5. The van der Waals surface area contributed by atoms with Gasteiger partial charge in [0.25, 0.3) is 0 Å². The molecule has 0 spiro atoms. The van der Waals surface area contributed by atoms with Gasteiger partial charge in [-0.2, -0.15) is 0 Å². The highest BCUT2D eigenvalue weighted by Gasteiger charge is 2.03. The zero-order valence-corrected chi connectivity index (χ0v) is 14.8. The van der Waals surface area contributed by atoms with Crippen LogP contribution in [0.25, 0.3) is 52.4 Å². The molecule has 0 aliphatic carbocycles. The van der Waals surface area contributed by atoms with Crippen LogP contribution < -0.4 is 0 Å². The molecule has 4 heteroatoms. The molecule has 0 unspecified atom stereocenters. The number of aromatic nitrogens is 4. The Kier molecular flexibility index (Phi) is 3.36. The van der Waals surface area contributed by atoms with Gasteiger partial charge in [0.15, 0.2) is 0 Å². The molecule has 27 heavy (non-hydrogen) atoms. The Labute approximate surface area is 158 Å². The molecule has 0 atom stereocenters. The van der Waals surface area contributed by atoms with E-state index in [-0.39, 0.29) is 0 Å². The summed E-state index contributed by atoms with van der Waals surface area (Å²) in [5, 5.41) is 0. The van der Waals surface area contributed by atoms with Gasteiger partial charge in [-0.3, -0.25) is 0 Å². The molecular weight excluding hydrogens is 332 g/mol. The lowest BCUT2D eigenvalue weighted by Gasteiger charge is -1.87. The fourth-order valence-corrected chi connectivity index (χ4v) is 3.26. The Morgan fingerprint density at radius 3 is 2.04 bits per heavy atom. The van der Waals surface area contributed by atoms with Crippen LogP contribution in [0.5, 0.6) is 0 Å². The molecule has 0 radical (unpaired) electrons. The van der Waals surface area contributed by atoms with Gasteiger partial charge in [0.1, 0.15) is 0 Å². The molecule has 0 amide bonds. The first-order chi connectivity index (χ1) is 13.7. The maximum atomic E-state index is 8.58. The maximum Gasteiger partial charge on any atom is 0.0659 e. The second kappa shape index (κ2) is 6.25. The molecule has 5 heterocycles. The van der Waals surface area contributed by atoms with Crippen LogP contribution in [0, 0.1) is 0 Å². The molecule has 0 saturated carbocycles. The van der Waals surface area contributed by atoms with E-state index in [1.165, 1.54) is 0 Å². The highest BCUT2D eigenvalue weighted by Crippen LogP contribution is 2.20. The van der Waals surface area contributed by atoms with Crippen molar-refractivity contribution in [2.75, 3.05) is 0 Å². The molecule has 5 rings (SSSR count). The van der Waals surface area contributed by atoms with Crippen LogP contribution in [0.4, 0.5) is 0 Å². The number of aromatic amines is 2. The molecule has 0 aromatic carbocycles. The number of H-pyrrole nitrogens is 2. The molecular formula is C23H18N4. The van der Waals surface area contributed by atoms with Crippen molar-refractivity contribution in [1.82, 2.24) is 19.9 Å². The fourth-order valence-electron chi connectivity index (χ4n) is 3.26. The van der Waals surface area contributed by atoms with Crippen molar-refractivity contribution in [2.24, 2.45) is 0 Å². The lowest BCUT2D eigenvalue weighted by molar-refractivity contribution is 1.28. The summed E-state index contributed by atoms with van der Waals surface area (Å²) in [6.45, 7) is 1.96. The SMILES string of the molecule is [2H]c1c(C=CC)c2cc3ccc(cc4nc(cc5nc(cc1[nH]2)C=C5)C=C4)[nH]3. The average Bonchev–Trinajstić information content (AvgIpc) is 3.44. The van der Waals surface area contributed by atoms with Crippen molar-refractivity contribution in [3.05, 3.63) is 76.9 Å². The minimum Gasteiger partial charge on any atom is -0.355 e. The molecule has 3 aromatic heterocycles. The van der Waals surface area contributed by atoms with Crippen LogP contribution in [0.3, 0.4) is 0 Å². The normalized spacial score (nSPS) is 13.4. The summed E-state index contributed by atoms with van der Waals surface area (Å²) in [4.78, 5) is 16.0. The van der Waals surface area contributed by atoms with Crippen molar-refractivity contribution in [3.8, 4) is 0 Å². The predicted molar refractivity (Wildman–Crippen MR) is 114 cm³/mol. The summed E-state index contributed by atoms with van der Waals surface area (Å²) >= 11 is 0. The summed E-state index contributed by atoms with van der Waals surface area (Å²) in [6.07, 6.45) is 11.8. The number of hydrogen-bond acceptors (Lipinski definition) is 2. The number of fused-ring (bicyclic) bond motifs is 8. The van der Waals surface area contributed by atoms with E-state index >= 15 is 0 Å².